The Morgan fingerprint density at radius 1 is 0.119 bits per heavy atom. The Morgan fingerprint density at radius 3 is 0.698 bits per heavy atom. The molecule has 0 unspecified atom stereocenters. The van der Waals surface area contributed by atoms with E-state index in [0.717, 1.165) is 45.5 Å². The molecule has 6 heteroatoms. The summed E-state index contributed by atoms with van der Waals surface area (Å²) in [6, 6.07) is 180. The van der Waals surface area contributed by atoms with Gasteiger partial charge in [-0.25, -0.2) is 0 Å². The van der Waals surface area contributed by atoms with Gasteiger partial charge in [-0.15, -0.1) is 0 Å². The number of rotatable bonds is 16. The highest BCUT2D eigenvalue weighted by Crippen LogP contribution is 2.46. The van der Waals surface area contributed by atoms with Crippen molar-refractivity contribution in [2.45, 2.75) is 0 Å². The van der Waals surface area contributed by atoms with Gasteiger partial charge in [0.2, 0.25) is 0 Å². The summed E-state index contributed by atoms with van der Waals surface area (Å²) in [7, 11) is 0. The molecule has 0 N–H and O–H groups in total. The van der Waals surface area contributed by atoms with Crippen LogP contribution in [0.5, 0.6) is 0 Å². The fraction of sp³-hybridized carbons (Fsp3) is 0. The Hall–Kier alpha value is -16.8. The molecular formula is C120H82N6. The molecule has 0 aliphatic rings. The fourth-order valence-electron chi connectivity index (χ4n) is 19.1. The first-order valence-corrected chi connectivity index (χ1v) is 43.2. The summed E-state index contributed by atoms with van der Waals surface area (Å²) in [6.07, 6.45) is 0. The molecule has 0 amide bonds. The molecule has 4 aromatic heterocycles. The third-order valence-electron chi connectivity index (χ3n) is 25.0. The standard InChI is InChI=1S/2C60H41N3/c1-4-15-42(16-5-1)44-17-14-18-45(39-44)47-30-38-60-56(41-47)54-24-11-13-26-58(54)63(60)52-35-33-51(34-36-52)61(48-19-6-2-7-20-48)50-31-27-43(28-32-50)46-29-37-59-55(40-46)53-23-10-12-25-57(53)62(59)49-21-8-3-9-22-49;1-4-16-43(17-5-1)51-22-10-11-23-52(51)45-31-39-60-56(41-45)54-25-13-15-27-58(54)63(60)50-36-34-49(35-37-50)61(46-18-6-2-7-19-46)48-32-28-42(29-33-48)44-30-38-59-55(40-44)53-24-12-14-26-57(53)62(59)47-20-8-3-9-21-47/h2*1-41H. The van der Waals surface area contributed by atoms with Gasteiger partial charge in [0.05, 0.1) is 44.1 Å². The van der Waals surface area contributed by atoms with Crippen LogP contribution in [-0.4, -0.2) is 18.3 Å². The maximum Gasteiger partial charge on any atom is 0.0541 e. The summed E-state index contributed by atoms with van der Waals surface area (Å²) in [4.78, 5) is 4.68. The number of nitrogens with zero attached hydrogens (tertiary/aromatic N) is 6. The molecule has 24 rings (SSSR count). The minimum Gasteiger partial charge on any atom is -0.311 e. The predicted molar refractivity (Wildman–Crippen MR) is 532 cm³/mol. The number of anilines is 6. The summed E-state index contributed by atoms with van der Waals surface area (Å²) >= 11 is 0. The van der Waals surface area contributed by atoms with Crippen LogP contribution < -0.4 is 9.80 Å². The normalized spacial score (nSPS) is 11.5. The molecular weight excluding hydrogens is 1530 g/mol. The van der Waals surface area contributed by atoms with Gasteiger partial charge in [-0.2, -0.15) is 0 Å². The molecule has 20 aromatic carbocycles. The van der Waals surface area contributed by atoms with E-state index in [2.05, 4.69) is 526 Å². The van der Waals surface area contributed by atoms with Crippen molar-refractivity contribution in [2.75, 3.05) is 9.80 Å². The second-order valence-corrected chi connectivity index (χ2v) is 32.3. The van der Waals surface area contributed by atoms with E-state index in [0.29, 0.717) is 0 Å². The van der Waals surface area contributed by atoms with Gasteiger partial charge in [0.15, 0.2) is 0 Å². The smallest absolute Gasteiger partial charge is 0.0541 e. The molecule has 0 aliphatic carbocycles. The minimum absolute atomic E-state index is 1.09. The lowest BCUT2D eigenvalue weighted by Crippen LogP contribution is -2.10. The molecule has 24 aromatic rings. The number of benzene rings is 20. The molecule has 0 saturated heterocycles. The topological polar surface area (TPSA) is 26.2 Å². The van der Waals surface area contributed by atoms with E-state index >= 15 is 0 Å². The van der Waals surface area contributed by atoms with E-state index < -0.39 is 0 Å². The van der Waals surface area contributed by atoms with Gasteiger partial charge < -0.3 is 28.1 Å². The number of fused-ring (bicyclic) bond motifs is 12. The average Bonchev–Trinajstić information content (AvgIpc) is 1.62. The van der Waals surface area contributed by atoms with Crippen LogP contribution in [0.15, 0.2) is 497 Å². The molecule has 0 atom stereocenters. The highest BCUT2D eigenvalue weighted by atomic mass is 15.2. The lowest BCUT2D eigenvalue weighted by Gasteiger charge is -2.26. The zero-order valence-electron chi connectivity index (χ0n) is 69.0. The van der Waals surface area contributed by atoms with Gasteiger partial charge in [-0.1, -0.05) is 297 Å². The number of para-hydroxylation sites is 8. The Balaban J connectivity index is 0.000000145. The molecule has 0 bridgehead atoms. The van der Waals surface area contributed by atoms with Crippen molar-refractivity contribution >= 4 is 121 Å². The number of hydrogen-bond acceptors (Lipinski definition) is 2. The fourth-order valence-corrected chi connectivity index (χ4v) is 19.1. The van der Waals surface area contributed by atoms with Gasteiger partial charge in [-0.3, -0.25) is 0 Å². The van der Waals surface area contributed by atoms with E-state index in [4.69, 9.17) is 0 Å². The Bertz CT molecular complexity index is 8140. The SMILES string of the molecule is c1ccc(-c2cccc(-c3ccc4c(c3)c3ccccc3n4-c3ccc(N(c4ccccc4)c4ccc(-c5ccc6c(c5)c5ccccc5n6-c5ccccc5)cc4)cc3)c2)cc1.c1ccc(-c2ccccc2-c2ccc3c(c2)c2ccccc2n3-c2ccc(N(c3ccccc3)c3ccc(-c4ccc5c(c4)c4ccccc4n5-c4ccccc4)cc3)cc2)cc1. The van der Waals surface area contributed by atoms with Crippen molar-refractivity contribution in [2.24, 2.45) is 0 Å². The second-order valence-electron chi connectivity index (χ2n) is 32.3. The van der Waals surface area contributed by atoms with Crippen LogP contribution in [0.4, 0.5) is 34.1 Å². The third kappa shape index (κ3) is 13.4. The maximum absolute atomic E-state index is 2.40. The van der Waals surface area contributed by atoms with Crippen molar-refractivity contribution in [1.82, 2.24) is 18.3 Å². The highest BCUT2D eigenvalue weighted by molar-refractivity contribution is 6.14. The molecule has 0 spiro atoms. The predicted octanol–water partition coefficient (Wildman–Crippen LogP) is 32.7. The zero-order chi connectivity index (χ0) is 83.4. The lowest BCUT2D eigenvalue weighted by molar-refractivity contribution is 1.17. The van der Waals surface area contributed by atoms with Gasteiger partial charge in [0.1, 0.15) is 0 Å². The van der Waals surface area contributed by atoms with Crippen molar-refractivity contribution in [3.05, 3.63) is 497 Å². The Kier molecular flexibility index (Phi) is 18.8. The monoisotopic (exact) mass is 1610 g/mol. The quantitative estimate of drug-likeness (QED) is 0.0964. The molecule has 126 heavy (non-hydrogen) atoms. The van der Waals surface area contributed by atoms with Crippen LogP contribution >= 0.6 is 0 Å². The molecule has 4 heterocycles. The van der Waals surface area contributed by atoms with E-state index in [-0.39, 0.29) is 0 Å². The highest BCUT2D eigenvalue weighted by Gasteiger charge is 2.23. The van der Waals surface area contributed by atoms with E-state index in [1.807, 2.05) is 0 Å². The van der Waals surface area contributed by atoms with Gasteiger partial charge >= 0.3 is 0 Å². The Labute approximate surface area is 731 Å². The van der Waals surface area contributed by atoms with Gasteiger partial charge in [0, 0.05) is 100.0 Å². The number of aromatic nitrogens is 4. The largest absolute Gasteiger partial charge is 0.311 e. The molecule has 0 aliphatic heterocycles. The summed E-state index contributed by atoms with van der Waals surface area (Å²) in [5.74, 6) is 0. The second kappa shape index (κ2) is 32.0. The summed E-state index contributed by atoms with van der Waals surface area (Å²) in [6.45, 7) is 0. The van der Waals surface area contributed by atoms with E-state index in [1.165, 1.54) is 165 Å². The van der Waals surface area contributed by atoms with Crippen LogP contribution in [0.2, 0.25) is 0 Å². The van der Waals surface area contributed by atoms with Crippen LogP contribution in [0.3, 0.4) is 0 Å². The van der Waals surface area contributed by atoms with Crippen molar-refractivity contribution in [3.63, 3.8) is 0 Å². The minimum atomic E-state index is 1.09. The average molecular weight is 1610 g/mol. The number of hydrogen-bond donors (Lipinski definition) is 0. The zero-order valence-corrected chi connectivity index (χ0v) is 69.0. The van der Waals surface area contributed by atoms with Crippen LogP contribution in [0.1, 0.15) is 0 Å². The van der Waals surface area contributed by atoms with Crippen molar-refractivity contribution in [1.29, 1.82) is 0 Å². The van der Waals surface area contributed by atoms with Crippen molar-refractivity contribution < 1.29 is 0 Å². The van der Waals surface area contributed by atoms with Crippen molar-refractivity contribution in [3.8, 4) is 89.5 Å². The first kappa shape index (κ1) is 74.3. The molecule has 0 radical (unpaired) electrons. The molecule has 6 nitrogen and oxygen atoms in total. The molecule has 0 fully saturated rings. The lowest BCUT2D eigenvalue weighted by atomic mass is 9.94. The summed E-state index contributed by atoms with van der Waals surface area (Å²) in [5.41, 5.74) is 35.2. The maximum atomic E-state index is 2.40. The van der Waals surface area contributed by atoms with Gasteiger partial charge in [0.25, 0.3) is 0 Å². The first-order valence-electron chi connectivity index (χ1n) is 43.2. The summed E-state index contributed by atoms with van der Waals surface area (Å²) < 4.78 is 9.53. The molecule has 0 saturated carbocycles. The molecule has 592 valence electrons. The first-order chi connectivity index (χ1) is 62.5. The van der Waals surface area contributed by atoms with Crippen LogP contribution in [0.25, 0.3) is 177 Å². The van der Waals surface area contributed by atoms with Crippen LogP contribution in [0, 0.1) is 0 Å². The van der Waals surface area contributed by atoms with E-state index in [1.54, 1.807) is 0 Å². The Morgan fingerprint density at radius 2 is 0.333 bits per heavy atom. The van der Waals surface area contributed by atoms with E-state index in [9.17, 15) is 0 Å². The van der Waals surface area contributed by atoms with Gasteiger partial charge in [-0.05, 0) is 267 Å². The van der Waals surface area contributed by atoms with Crippen LogP contribution in [-0.2, 0) is 0 Å². The third-order valence-corrected chi connectivity index (χ3v) is 25.0. The summed E-state index contributed by atoms with van der Waals surface area (Å²) in [5, 5.41) is 9.96.